The van der Waals surface area contributed by atoms with E-state index in [9.17, 15) is 18.8 Å². The molecule has 1 atom stereocenters. The summed E-state index contributed by atoms with van der Waals surface area (Å²) in [4.78, 5) is 38.4. The molecule has 0 aliphatic carbocycles. The molecule has 1 fully saturated rings. The van der Waals surface area contributed by atoms with Crippen molar-refractivity contribution in [2.45, 2.75) is 13.3 Å². The number of urea groups is 1. The number of benzene rings is 2. The first-order valence-corrected chi connectivity index (χ1v) is 8.75. The number of amides is 4. The van der Waals surface area contributed by atoms with Gasteiger partial charge in [0.05, 0.1) is 10.7 Å². The van der Waals surface area contributed by atoms with E-state index in [1.165, 1.54) is 12.1 Å². The normalized spacial score (nSPS) is 16.9. The van der Waals surface area contributed by atoms with Crippen LogP contribution in [0, 0.1) is 11.7 Å². The zero-order chi connectivity index (χ0) is 19.6. The maximum absolute atomic E-state index is 13.4. The molecular weight excluding hydrogens is 373 g/mol. The quantitative estimate of drug-likeness (QED) is 0.787. The van der Waals surface area contributed by atoms with E-state index >= 15 is 0 Å². The van der Waals surface area contributed by atoms with Crippen LogP contribution in [0.4, 0.5) is 20.6 Å². The van der Waals surface area contributed by atoms with E-state index in [4.69, 9.17) is 11.6 Å². The lowest BCUT2D eigenvalue weighted by Crippen LogP contribution is -2.58. The molecule has 2 N–H and O–H groups in total. The van der Waals surface area contributed by atoms with E-state index < -0.39 is 29.6 Å². The van der Waals surface area contributed by atoms with Crippen LogP contribution >= 0.6 is 11.6 Å². The molecule has 0 radical (unpaired) electrons. The smallest absolute Gasteiger partial charge is 0.328 e. The van der Waals surface area contributed by atoms with Gasteiger partial charge in [0, 0.05) is 12.2 Å². The maximum atomic E-state index is 13.4. The van der Waals surface area contributed by atoms with E-state index in [-0.39, 0.29) is 17.3 Å². The molecule has 2 aromatic rings. The van der Waals surface area contributed by atoms with Crippen LogP contribution in [0.3, 0.4) is 0 Å². The van der Waals surface area contributed by atoms with Gasteiger partial charge in [0.25, 0.3) is 0 Å². The van der Waals surface area contributed by atoms with Crippen molar-refractivity contribution in [1.82, 2.24) is 5.32 Å². The fraction of sp³-hybridized carbons (Fsp3) is 0.211. The molecule has 140 valence electrons. The molecular formula is C19H17ClFN3O3. The van der Waals surface area contributed by atoms with Gasteiger partial charge in [-0.3, -0.25) is 9.59 Å². The third-order valence-electron chi connectivity index (χ3n) is 4.31. The standard InChI is InChI=1S/C19H17ClFN3O3/c1-2-11-5-3-4-6-16(11)23-17(25)13-10-22-19(27)24(18(13)26)12-7-8-15(21)14(20)9-12/h3-9,13H,2,10H2,1H3,(H,22,27)(H,23,25). The number of halogens is 2. The van der Waals surface area contributed by atoms with E-state index in [1.54, 1.807) is 12.1 Å². The van der Waals surface area contributed by atoms with Crippen molar-refractivity contribution in [2.24, 2.45) is 5.92 Å². The minimum absolute atomic E-state index is 0.0929. The zero-order valence-electron chi connectivity index (χ0n) is 14.5. The largest absolute Gasteiger partial charge is 0.336 e. The van der Waals surface area contributed by atoms with Gasteiger partial charge in [0.2, 0.25) is 11.8 Å². The van der Waals surface area contributed by atoms with E-state index in [1.807, 2.05) is 19.1 Å². The SMILES string of the molecule is CCc1ccccc1NC(=O)C1CNC(=O)N(c2ccc(F)c(Cl)c2)C1=O. The number of nitrogens with zero attached hydrogens (tertiary/aromatic N) is 1. The van der Waals surface area contributed by atoms with Gasteiger partial charge in [-0.05, 0) is 36.2 Å². The zero-order valence-corrected chi connectivity index (χ0v) is 15.2. The molecule has 4 amide bonds. The molecule has 1 unspecified atom stereocenters. The molecule has 1 heterocycles. The molecule has 0 aromatic heterocycles. The lowest BCUT2D eigenvalue weighted by Gasteiger charge is -2.30. The molecule has 8 heteroatoms. The highest BCUT2D eigenvalue weighted by Gasteiger charge is 2.39. The first-order chi connectivity index (χ1) is 12.9. The molecule has 0 saturated carbocycles. The highest BCUT2D eigenvalue weighted by molar-refractivity contribution is 6.31. The highest BCUT2D eigenvalue weighted by atomic mass is 35.5. The van der Waals surface area contributed by atoms with E-state index in [0.717, 1.165) is 16.5 Å². The number of carbonyl (C=O) groups is 3. The minimum Gasteiger partial charge on any atom is -0.336 e. The molecule has 2 aromatic carbocycles. The second-order valence-electron chi connectivity index (χ2n) is 6.01. The van der Waals surface area contributed by atoms with Crippen molar-refractivity contribution in [1.29, 1.82) is 0 Å². The first-order valence-electron chi connectivity index (χ1n) is 8.38. The molecule has 1 aliphatic heterocycles. The average Bonchev–Trinajstić information content (AvgIpc) is 2.65. The fourth-order valence-electron chi connectivity index (χ4n) is 2.86. The number of carbonyl (C=O) groups excluding carboxylic acids is 3. The van der Waals surface area contributed by atoms with Crippen molar-refractivity contribution in [3.05, 3.63) is 58.9 Å². The van der Waals surface area contributed by atoms with Gasteiger partial charge in [-0.1, -0.05) is 36.7 Å². The number of nitrogens with one attached hydrogen (secondary N) is 2. The van der Waals surface area contributed by atoms with Gasteiger partial charge in [0.1, 0.15) is 11.7 Å². The van der Waals surface area contributed by atoms with Crippen LogP contribution in [0.25, 0.3) is 0 Å². The lowest BCUT2D eigenvalue weighted by molar-refractivity contribution is -0.130. The summed E-state index contributed by atoms with van der Waals surface area (Å²) in [5.74, 6) is -3.01. The Balaban J connectivity index is 1.84. The Morgan fingerprint density at radius 2 is 2.04 bits per heavy atom. The number of aryl methyl sites for hydroxylation is 1. The number of hydrogen-bond donors (Lipinski definition) is 2. The number of rotatable bonds is 4. The van der Waals surface area contributed by atoms with Crippen LogP contribution < -0.4 is 15.5 Å². The summed E-state index contributed by atoms with van der Waals surface area (Å²) in [6, 6.07) is 10.1. The summed E-state index contributed by atoms with van der Waals surface area (Å²) in [6.07, 6.45) is 0.714. The van der Waals surface area contributed by atoms with Crippen molar-refractivity contribution in [3.8, 4) is 0 Å². The number of para-hydroxylation sites is 1. The monoisotopic (exact) mass is 389 g/mol. The van der Waals surface area contributed by atoms with Crippen LogP contribution in [0.2, 0.25) is 5.02 Å². The highest BCUT2D eigenvalue weighted by Crippen LogP contribution is 2.26. The summed E-state index contributed by atoms with van der Waals surface area (Å²) < 4.78 is 13.4. The summed E-state index contributed by atoms with van der Waals surface area (Å²) in [7, 11) is 0. The third-order valence-corrected chi connectivity index (χ3v) is 4.60. The van der Waals surface area contributed by atoms with Gasteiger partial charge in [-0.2, -0.15) is 0 Å². The Labute approximate surface area is 160 Å². The third kappa shape index (κ3) is 3.78. The van der Waals surface area contributed by atoms with E-state index in [2.05, 4.69) is 10.6 Å². The van der Waals surface area contributed by atoms with Gasteiger partial charge in [-0.15, -0.1) is 0 Å². The lowest BCUT2D eigenvalue weighted by atomic mass is 10.0. The van der Waals surface area contributed by atoms with Crippen molar-refractivity contribution in [3.63, 3.8) is 0 Å². The Hall–Kier alpha value is -2.93. The Kier molecular flexibility index (Phi) is 5.41. The molecule has 0 spiro atoms. The second-order valence-corrected chi connectivity index (χ2v) is 6.42. The maximum Gasteiger partial charge on any atom is 0.328 e. The fourth-order valence-corrected chi connectivity index (χ4v) is 3.03. The van der Waals surface area contributed by atoms with E-state index in [0.29, 0.717) is 12.1 Å². The molecule has 27 heavy (non-hydrogen) atoms. The Morgan fingerprint density at radius 1 is 1.30 bits per heavy atom. The average molecular weight is 390 g/mol. The second kappa shape index (κ2) is 7.75. The molecule has 6 nitrogen and oxygen atoms in total. The van der Waals surface area contributed by atoms with Gasteiger partial charge in [0.15, 0.2) is 0 Å². The van der Waals surface area contributed by atoms with Crippen molar-refractivity contribution in [2.75, 3.05) is 16.8 Å². The van der Waals surface area contributed by atoms with Crippen molar-refractivity contribution < 1.29 is 18.8 Å². The predicted octanol–water partition coefficient (Wildman–Crippen LogP) is 3.35. The number of anilines is 2. The van der Waals surface area contributed by atoms with Crippen LogP contribution in [-0.2, 0) is 16.0 Å². The van der Waals surface area contributed by atoms with Crippen LogP contribution in [0.1, 0.15) is 12.5 Å². The van der Waals surface area contributed by atoms with Crippen LogP contribution in [0.15, 0.2) is 42.5 Å². The Morgan fingerprint density at radius 3 is 2.74 bits per heavy atom. The number of hydrogen-bond acceptors (Lipinski definition) is 3. The molecule has 3 rings (SSSR count). The van der Waals surface area contributed by atoms with Gasteiger partial charge in [-0.25, -0.2) is 14.1 Å². The summed E-state index contributed by atoms with van der Waals surface area (Å²) in [6.45, 7) is 1.83. The number of imide groups is 1. The molecule has 1 aliphatic rings. The summed E-state index contributed by atoms with van der Waals surface area (Å²) in [5.41, 5.74) is 1.64. The van der Waals surface area contributed by atoms with Gasteiger partial charge < -0.3 is 10.6 Å². The van der Waals surface area contributed by atoms with Crippen molar-refractivity contribution >= 4 is 40.8 Å². The first kappa shape index (κ1) is 18.8. The van der Waals surface area contributed by atoms with Crippen LogP contribution in [-0.4, -0.2) is 24.4 Å². The topological polar surface area (TPSA) is 78.5 Å². The summed E-state index contributed by atoms with van der Waals surface area (Å²) >= 11 is 5.74. The van der Waals surface area contributed by atoms with Crippen LogP contribution in [0.5, 0.6) is 0 Å². The van der Waals surface area contributed by atoms with Gasteiger partial charge >= 0.3 is 6.03 Å². The molecule has 0 bridgehead atoms. The summed E-state index contributed by atoms with van der Waals surface area (Å²) in [5, 5.41) is 5.03. The Bertz CT molecular complexity index is 919. The predicted molar refractivity (Wildman–Crippen MR) is 100 cm³/mol. The minimum atomic E-state index is -1.11. The molecule has 1 saturated heterocycles.